The van der Waals surface area contributed by atoms with E-state index in [4.69, 9.17) is 9.16 Å². The van der Waals surface area contributed by atoms with Gasteiger partial charge in [-0.3, -0.25) is 4.79 Å². The Morgan fingerprint density at radius 1 is 0.630 bits per heavy atom. The van der Waals surface area contributed by atoms with Crippen LogP contribution in [0.3, 0.4) is 0 Å². The molecule has 3 atom stereocenters. The standard InChI is InChI=1S/C41H42O4Si/c1-40(2,3)46(34-25-15-7-16-26-34,35-27-17-8-18-28-35)45-38-29-37(42)39(43)36(38)30-44-41(31-19-9-4-10-20-31,32-21-11-5-12-22-32)33-23-13-6-14-24-33/h4-28,36-38,42H,29-30H2,1-3H3. The number of hydrogen-bond acceptors (Lipinski definition) is 4. The second kappa shape index (κ2) is 13.3. The molecule has 0 spiro atoms. The van der Waals surface area contributed by atoms with Gasteiger partial charge in [-0.1, -0.05) is 172 Å². The van der Waals surface area contributed by atoms with E-state index in [1.165, 1.54) is 0 Å². The zero-order valence-corrected chi connectivity index (χ0v) is 27.8. The van der Waals surface area contributed by atoms with Crippen molar-refractivity contribution in [1.29, 1.82) is 0 Å². The summed E-state index contributed by atoms with van der Waals surface area (Å²) in [5.41, 5.74) is 1.90. The summed E-state index contributed by atoms with van der Waals surface area (Å²) in [6, 6.07) is 51.3. The van der Waals surface area contributed by atoms with Gasteiger partial charge in [0.05, 0.1) is 18.6 Å². The highest BCUT2D eigenvalue weighted by molar-refractivity contribution is 6.99. The van der Waals surface area contributed by atoms with Gasteiger partial charge < -0.3 is 14.3 Å². The van der Waals surface area contributed by atoms with Crippen LogP contribution < -0.4 is 10.4 Å². The molecular weight excluding hydrogens is 585 g/mol. The Bertz CT molecular complexity index is 1570. The number of rotatable bonds is 10. The third-order valence-corrected chi connectivity index (χ3v) is 14.4. The molecule has 0 bridgehead atoms. The SMILES string of the molecule is CC(C)(C)[Si](OC1CC(O)C(=O)C1COC(c1ccccc1)(c1ccccc1)c1ccccc1)(c1ccccc1)c1ccccc1. The molecule has 1 saturated carbocycles. The summed E-state index contributed by atoms with van der Waals surface area (Å²) < 4.78 is 14.6. The minimum Gasteiger partial charge on any atom is -0.404 e. The summed E-state index contributed by atoms with van der Waals surface area (Å²) in [6.07, 6.45) is -1.42. The number of Topliss-reactive ketones (excluding diaryl/α,β-unsaturated/α-hetero) is 1. The quantitative estimate of drug-likeness (QED) is 0.136. The van der Waals surface area contributed by atoms with Crippen molar-refractivity contribution in [2.75, 3.05) is 6.61 Å². The Morgan fingerprint density at radius 2 is 1.00 bits per heavy atom. The lowest BCUT2D eigenvalue weighted by atomic mass is 9.80. The Hall–Kier alpha value is -4.13. The Balaban J connectivity index is 1.45. The van der Waals surface area contributed by atoms with Crippen molar-refractivity contribution in [2.45, 2.75) is 50.0 Å². The first-order chi connectivity index (χ1) is 22.3. The lowest BCUT2D eigenvalue weighted by Crippen LogP contribution is -2.68. The van der Waals surface area contributed by atoms with Crippen LogP contribution in [-0.4, -0.2) is 38.0 Å². The third-order valence-electron chi connectivity index (χ3n) is 9.36. The average molecular weight is 627 g/mol. The van der Waals surface area contributed by atoms with Gasteiger partial charge in [0.1, 0.15) is 11.7 Å². The highest BCUT2D eigenvalue weighted by Crippen LogP contribution is 2.44. The second-order valence-corrected chi connectivity index (χ2v) is 17.4. The molecule has 5 heteroatoms. The van der Waals surface area contributed by atoms with E-state index < -0.39 is 32.0 Å². The van der Waals surface area contributed by atoms with Crippen LogP contribution >= 0.6 is 0 Å². The number of carbonyl (C=O) groups excluding carboxylic acids is 1. The predicted octanol–water partition coefficient (Wildman–Crippen LogP) is 6.89. The van der Waals surface area contributed by atoms with Crippen molar-refractivity contribution >= 4 is 24.5 Å². The first-order valence-electron chi connectivity index (χ1n) is 16.1. The largest absolute Gasteiger partial charge is 0.404 e. The molecule has 1 fully saturated rings. The smallest absolute Gasteiger partial charge is 0.261 e. The number of hydrogen-bond donors (Lipinski definition) is 1. The summed E-state index contributed by atoms with van der Waals surface area (Å²) >= 11 is 0. The zero-order valence-electron chi connectivity index (χ0n) is 26.8. The fourth-order valence-corrected chi connectivity index (χ4v) is 11.9. The van der Waals surface area contributed by atoms with E-state index in [1.807, 2.05) is 66.7 Å². The topological polar surface area (TPSA) is 55.8 Å². The fraction of sp³-hybridized carbons (Fsp3) is 0.244. The second-order valence-electron chi connectivity index (χ2n) is 13.2. The van der Waals surface area contributed by atoms with Gasteiger partial charge in [-0.25, -0.2) is 0 Å². The summed E-state index contributed by atoms with van der Waals surface area (Å²) in [7, 11) is -3.00. The van der Waals surface area contributed by atoms with Crippen molar-refractivity contribution in [3.05, 3.63) is 168 Å². The lowest BCUT2D eigenvalue weighted by Gasteiger charge is -2.45. The van der Waals surface area contributed by atoms with Gasteiger partial charge in [0.2, 0.25) is 0 Å². The summed E-state index contributed by atoms with van der Waals surface area (Å²) in [5, 5.41) is 13.1. The maximum atomic E-state index is 13.9. The van der Waals surface area contributed by atoms with Crippen molar-refractivity contribution in [1.82, 2.24) is 0 Å². The zero-order chi connectivity index (χ0) is 32.2. The first-order valence-corrected chi connectivity index (χ1v) is 18.0. The Labute approximate surface area is 273 Å². The maximum absolute atomic E-state index is 13.9. The van der Waals surface area contributed by atoms with Gasteiger partial charge in [0.15, 0.2) is 5.78 Å². The highest BCUT2D eigenvalue weighted by atomic mass is 28.4. The fourth-order valence-electron chi connectivity index (χ4n) is 7.15. The molecule has 0 radical (unpaired) electrons. The van der Waals surface area contributed by atoms with Crippen molar-refractivity contribution in [3.8, 4) is 0 Å². The first kappa shape index (κ1) is 31.8. The number of benzene rings is 5. The molecule has 1 aliphatic carbocycles. The van der Waals surface area contributed by atoms with Crippen LogP contribution in [0, 0.1) is 5.92 Å². The number of carbonyl (C=O) groups is 1. The van der Waals surface area contributed by atoms with Crippen LogP contribution in [0.4, 0.5) is 0 Å². The molecule has 5 aromatic carbocycles. The number of ketones is 1. The van der Waals surface area contributed by atoms with E-state index in [9.17, 15) is 9.90 Å². The van der Waals surface area contributed by atoms with Crippen LogP contribution in [0.2, 0.25) is 5.04 Å². The van der Waals surface area contributed by atoms with E-state index in [0.29, 0.717) is 0 Å². The Kier molecular flexibility index (Phi) is 9.21. The predicted molar refractivity (Wildman–Crippen MR) is 187 cm³/mol. The van der Waals surface area contributed by atoms with E-state index in [2.05, 4.69) is 106 Å². The van der Waals surface area contributed by atoms with E-state index in [-0.39, 0.29) is 23.8 Å². The molecule has 3 unspecified atom stereocenters. The molecule has 1 aliphatic rings. The molecule has 234 valence electrons. The number of aliphatic hydroxyl groups is 1. The third kappa shape index (κ3) is 5.80. The molecular formula is C41H42O4Si. The van der Waals surface area contributed by atoms with Crippen LogP contribution in [0.1, 0.15) is 43.9 Å². The average Bonchev–Trinajstić information content (AvgIpc) is 3.36. The molecule has 1 N–H and O–H groups in total. The monoisotopic (exact) mass is 626 g/mol. The number of aliphatic hydroxyl groups excluding tert-OH is 1. The molecule has 5 aromatic rings. The Morgan fingerprint density at radius 3 is 1.37 bits per heavy atom. The summed E-state index contributed by atoms with van der Waals surface area (Å²) in [4.78, 5) is 13.9. The molecule has 4 nitrogen and oxygen atoms in total. The summed E-state index contributed by atoms with van der Waals surface area (Å²) in [6.45, 7) is 6.76. The van der Waals surface area contributed by atoms with E-state index in [0.717, 1.165) is 27.1 Å². The molecule has 6 rings (SSSR count). The van der Waals surface area contributed by atoms with Gasteiger partial charge in [-0.05, 0) is 32.1 Å². The minimum atomic E-state index is -3.00. The molecule has 0 aliphatic heterocycles. The number of ether oxygens (including phenoxy) is 1. The minimum absolute atomic E-state index is 0.0808. The maximum Gasteiger partial charge on any atom is 0.261 e. The van der Waals surface area contributed by atoms with Crippen LogP contribution in [0.15, 0.2) is 152 Å². The van der Waals surface area contributed by atoms with Gasteiger partial charge in [-0.2, -0.15) is 0 Å². The summed E-state index contributed by atoms with van der Waals surface area (Å²) in [5.74, 6) is -0.891. The van der Waals surface area contributed by atoms with Crippen LogP contribution in [0.25, 0.3) is 0 Å². The van der Waals surface area contributed by atoms with Crippen molar-refractivity contribution < 1.29 is 19.1 Å². The molecule has 0 aromatic heterocycles. The van der Waals surface area contributed by atoms with Gasteiger partial charge in [0.25, 0.3) is 8.32 Å². The van der Waals surface area contributed by atoms with Crippen molar-refractivity contribution in [2.24, 2.45) is 5.92 Å². The molecule has 0 amide bonds. The van der Waals surface area contributed by atoms with Crippen LogP contribution in [0.5, 0.6) is 0 Å². The molecule has 46 heavy (non-hydrogen) atoms. The highest BCUT2D eigenvalue weighted by Gasteiger charge is 2.55. The molecule has 0 saturated heterocycles. The van der Waals surface area contributed by atoms with E-state index in [1.54, 1.807) is 0 Å². The normalized spacial score (nSPS) is 18.9. The van der Waals surface area contributed by atoms with Gasteiger partial charge in [-0.15, -0.1) is 0 Å². The van der Waals surface area contributed by atoms with Gasteiger partial charge in [0, 0.05) is 6.42 Å². The van der Waals surface area contributed by atoms with Crippen molar-refractivity contribution in [3.63, 3.8) is 0 Å². The lowest BCUT2D eigenvalue weighted by molar-refractivity contribution is -0.131. The van der Waals surface area contributed by atoms with E-state index >= 15 is 0 Å². The van der Waals surface area contributed by atoms with Crippen LogP contribution in [-0.2, 0) is 19.6 Å². The molecule has 0 heterocycles. The van der Waals surface area contributed by atoms with Gasteiger partial charge >= 0.3 is 0 Å².